The van der Waals surface area contributed by atoms with Crippen LogP contribution < -0.4 is 0 Å². The highest BCUT2D eigenvalue weighted by Crippen LogP contribution is 2.46. The predicted octanol–water partition coefficient (Wildman–Crippen LogP) is 2.02. The Morgan fingerprint density at radius 3 is 3.31 bits per heavy atom. The average Bonchev–Trinajstić information content (AvgIpc) is 2.95. The van der Waals surface area contributed by atoms with Crippen LogP contribution in [0.5, 0.6) is 0 Å². The van der Waals surface area contributed by atoms with Gasteiger partial charge < -0.3 is 9.47 Å². The van der Waals surface area contributed by atoms with Gasteiger partial charge in [-0.05, 0) is 30.9 Å². The molecule has 3 rings (SSSR count). The molecule has 0 aromatic heterocycles. The first kappa shape index (κ1) is 7.63. The van der Waals surface area contributed by atoms with Crippen molar-refractivity contribution in [1.29, 1.82) is 0 Å². The molecule has 0 amide bonds. The van der Waals surface area contributed by atoms with Crippen molar-refractivity contribution < 1.29 is 9.47 Å². The molecule has 3 atom stereocenters. The molecular formula is C11H14O2. The maximum absolute atomic E-state index is 5.58. The molecule has 2 aliphatic carbocycles. The normalized spacial score (nSPS) is 41.2. The smallest absolute Gasteiger partial charge is 0.120 e. The fourth-order valence-electron chi connectivity index (χ4n) is 2.55. The van der Waals surface area contributed by atoms with E-state index in [1.54, 1.807) is 7.11 Å². The third-order valence-electron chi connectivity index (χ3n) is 3.26. The van der Waals surface area contributed by atoms with E-state index in [2.05, 4.69) is 12.2 Å². The van der Waals surface area contributed by atoms with Crippen molar-refractivity contribution in [3.05, 3.63) is 23.5 Å². The van der Waals surface area contributed by atoms with Gasteiger partial charge in [-0.25, -0.2) is 0 Å². The molecule has 0 radical (unpaired) electrons. The van der Waals surface area contributed by atoms with E-state index in [1.165, 1.54) is 24.8 Å². The van der Waals surface area contributed by atoms with Gasteiger partial charge in [-0.2, -0.15) is 0 Å². The van der Waals surface area contributed by atoms with E-state index < -0.39 is 0 Å². The van der Waals surface area contributed by atoms with Crippen molar-refractivity contribution in [2.45, 2.75) is 31.5 Å². The van der Waals surface area contributed by atoms with Gasteiger partial charge >= 0.3 is 0 Å². The number of fused-ring (bicyclic) bond motifs is 3. The number of ether oxygens (including phenoxy) is 2. The quantitative estimate of drug-likeness (QED) is 0.573. The minimum atomic E-state index is 0.357. The summed E-state index contributed by atoms with van der Waals surface area (Å²) in [5, 5.41) is 0. The summed E-state index contributed by atoms with van der Waals surface area (Å²) in [4.78, 5) is 0. The van der Waals surface area contributed by atoms with E-state index in [0.29, 0.717) is 18.1 Å². The summed E-state index contributed by atoms with van der Waals surface area (Å²) < 4.78 is 11.0. The summed E-state index contributed by atoms with van der Waals surface area (Å²) >= 11 is 0. The molecule has 13 heavy (non-hydrogen) atoms. The molecule has 3 aliphatic rings. The highest BCUT2D eigenvalue weighted by molar-refractivity contribution is 5.38. The summed E-state index contributed by atoms with van der Waals surface area (Å²) in [6, 6.07) is 0. The maximum Gasteiger partial charge on any atom is 0.120 e. The number of epoxide rings is 1. The van der Waals surface area contributed by atoms with E-state index in [4.69, 9.17) is 9.47 Å². The molecule has 1 fully saturated rings. The van der Waals surface area contributed by atoms with Crippen LogP contribution in [-0.4, -0.2) is 19.3 Å². The van der Waals surface area contributed by atoms with E-state index in [0.717, 1.165) is 5.76 Å². The van der Waals surface area contributed by atoms with Gasteiger partial charge in [0, 0.05) is 5.92 Å². The standard InChI is InChI=1S/C11H14O2/c1-12-9-6-10-11(13-10)8-5-3-2-4-7(8)9/h4,6,8,10-11H,2-3,5H2,1H3/t8-,10-,11+/m0/s1. The van der Waals surface area contributed by atoms with Crippen LogP contribution >= 0.6 is 0 Å². The second kappa shape index (κ2) is 2.61. The van der Waals surface area contributed by atoms with Gasteiger partial charge in [0.15, 0.2) is 0 Å². The van der Waals surface area contributed by atoms with E-state index in [9.17, 15) is 0 Å². The van der Waals surface area contributed by atoms with Crippen LogP contribution in [0.4, 0.5) is 0 Å². The van der Waals surface area contributed by atoms with E-state index in [1.807, 2.05) is 0 Å². The molecule has 1 heterocycles. The lowest BCUT2D eigenvalue weighted by Gasteiger charge is -2.26. The Hall–Kier alpha value is -0.760. The summed E-state index contributed by atoms with van der Waals surface area (Å²) in [7, 11) is 1.75. The first-order chi connectivity index (χ1) is 6.40. The third-order valence-corrected chi connectivity index (χ3v) is 3.26. The van der Waals surface area contributed by atoms with Gasteiger partial charge in [-0.1, -0.05) is 6.08 Å². The lowest BCUT2D eigenvalue weighted by atomic mass is 9.80. The SMILES string of the molecule is COC1=C[C@@H]2O[C@@H]2[C@H]2CCCC=C12. The molecule has 0 N–H and O–H groups in total. The molecule has 1 saturated heterocycles. The molecule has 70 valence electrons. The summed E-state index contributed by atoms with van der Waals surface area (Å²) in [5.74, 6) is 1.68. The molecule has 0 unspecified atom stereocenters. The number of methoxy groups -OCH3 is 1. The van der Waals surface area contributed by atoms with E-state index >= 15 is 0 Å². The molecule has 0 spiro atoms. The van der Waals surface area contributed by atoms with Crippen molar-refractivity contribution in [1.82, 2.24) is 0 Å². The summed E-state index contributed by atoms with van der Waals surface area (Å²) in [6.45, 7) is 0. The van der Waals surface area contributed by atoms with Gasteiger partial charge in [-0.3, -0.25) is 0 Å². The van der Waals surface area contributed by atoms with E-state index in [-0.39, 0.29) is 0 Å². The van der Waals surface area contributed by atoms with Crippen molar-refractivity contribution in [3.8, 4) is 0 Å². The molecule has 2 nitrogen and oxygen atoms in total. The highest BCUT2D eigenvalue weighted by Gasteiger charge is 2.49. The largest absolute Gasteiger partial charge is 0.497 e. The minimum Gasteiger partial charge on any atom is -0.497 e. The Morgan fingerprint density at radius 1 is 1.54 bits per heavy atom. The number of hydrogen-bond acceptors (Lipinski definition) is 2. The first-order valence-corrected chi connectivity index (χ1v) is 5.02. The van der Waals surface area contributed by atoms with Crippen LogP contribution in [0.15, 0.2) is 23.5 Å². The zero-order valence-corrected chi connectivity index (χ0v) is 7.82. The zero-order chi connectivity index (χ0) is 8.84. The fourth-order valence-corrected chi connectivity index (χ4v) is 2.55. The molecule has 0 saturated carbocycles. The minimum absolute atomic E-state index is 0.357. The van der Waals surface area contributed by atoms with Crippen LogP contribution in [0.25, 0.3) is 0 Å². The average molecular weight is 178 g/mol. The van der Waals surface area contributed by atoms with Crippen LogP contribution in [-0.2, 0) is 9.47 Å². The Labute approximate surface area is 78.2 Å². The second-order valence-corrected chi connectivity index (χ2v) is 4.00. The molecule has 0 aromatic carbocycles. The van der Waals surface area contributed by atoms with Crippen molar-refractivity contribution in [2.75, 3.05) is 7.11 Å². The van der Waals surface area contributed by atoms with Crippen LogP contribution in [0.2, 0.25) is 0 Å². The van der Waals surface area contributed by atoms with Crippen LogP contribution in [0.3, 0.4) is 0 Å². The van der Waals surface area contributed by atoms with Crippen molar-refractivity contribution in [3.63, 3.8) is 0 Å². The third kappa shape index (κ3) is 1.05. The Balaban J connectivity index is 1.99. The molecule has 0 aromatic rings. The topological polar surface area (TPSA) is 21.8 Å². The van der Waals surface area contributed by atoms with Crippen molar-refractivity contribution in [2.24, 2.45) is 5.92 Å². The van der Waals surface area contributed by atoms with Crippen LogP contribution in [0.1, 0.15) is 19.3 Å². The molecule has 1 aliphatic heterocycles. The summed E-state index contributed by atoms with van der Waals surface area (Å²) in [6.07, 6.45) is 9.05. The monoisotopic (exact) mass is 178 g/mol. The number of hydrogen-bond donors (Lipinski definition) is 0. The number of allylic oxidation sites excluding steroid dienone is 2. The zero-order valence-electron chi connectivity index (χ0n) is 7.82. The predicted molar refractivity (Wildman–Crippen MR) is 49.2 cm³/mol. The molecular weight excluding hydrogens is 164 g/mol. The second-order valence-electron chi connectivity index (χ2n) is 4.00. The van der Waals surface area contributed by atoms with Crippen molar-refractivity contribution >= 4 is 0 Å². The Bertz CT molecular complexity index is 290. The Morgan fingerprint density at radius 2 is 2.46 bits per heavy atom. The van der Waals surface area contributed by atoms with Gasteiger partial charge in [0.25, 0.3) is 0 Å². The van der Waals surface area contributed by atoms with Crippen LogP contribution in [0, 0.1) is 5.92 Å². The van der Waals surface area contributed by atoms with Gasteiger partial charge in [0.2, 0.25) is 0 Å². The highest BCUT2D eigenvalue weighted by atomic mass is 16.6. The van der Waals surface area contributed by atoms with Gasteiger partial charge in [-0.15, -0.1) is 0 Å². The first-order valence-electron chi connectivity index (χ1n) is 5.02. The summed E-state index contributed by atoms with van der Waals surface area (Å²) in [5.41, 5.74) is 1.40. The van der Waals surface area contributed by atoms with Gasteiger partial charge in [0.05, 0.1) is 13.2 Å². The lowest BCUT2D eigenvalue weighted by molar-refractivity contribution is 0.274. The van der Waals surface area contributed by atoms with Gasteiger partial charge in [0.1, 0.15) is 11.9 Å². The molecule has 0 bridgehead atoms. The Kier molecular flexibility index (Phi) is 1.53. The number of rotatable bonds is 1. The fraction of sp³-hybridized carbons (Fsp3) is 0.636. The lowest BCUT2D eigenvalue weighted by Crippen LogP contribution is -2.22. The maximum atomic E-state index is 5.58. The molecule has 2 heteroatoms.